The molecule has 114 valence electrons. The zero-order valence-electron chi connectivity index (χ0n) is 12.7. The quantitative estimate of drug-likeness (QED) is 0.487. The summed E-state index contributed by atoms with van der Waals surface area (Å²) in [6, 6.07) is 22.4. The molecule has 0 aliphatic carbocycles. The molecular formula is C20H13N3O. The number of nitrogens with zero attached hydrogens (tertiary/aromatic N) is 1. The summed E-state index contributed by atoms with van der Waals surface area (Å²) < 4.78 is 0. The third kappa shape index (κ3) is 1.80. The zero-order valence-corrected chi connectivity index (χ0v) is 12.7. The lowest BCUT2D eigenvalue weighted by Gasteiger charge is -2.05. The molecule has 2 heterocycles. The highest BCUT2D eigenvalue weighted by atomic mass is 16.1. The van der Waals surface area contributed by atoms with Crippen molar-refractivity contribution in [3.63, 3.8) is 0 Å². The van der Waals surface area contributed by atoms with E-state index in [0.29, 0.717) is 5.52 Å². The number of para-hydroxylation sites is 1. The molecule has 3 aromatic carbocycles. The Hall–Kier alpha value is -3.40. The van der Waals surface area contributed by atoms with Crippen LogP contribution in [-0.4, -0.2) is 15.2 Å². The van der Waals surface area contributed by atoms with Crippen molar-refractivity contribution >= 4 is 32.6 Å². The average Bonchev–Trinajstić information content (AvgIpc) is 3.02. The van der Waals surface area contributed by atoms with Crippen molar-refractivity contribution in [3.05, 3.63) is 77.1 Å². The third-order valence-corrected chi connectivity index (χ3v) is 4.46. The van der Waals surface area contributed by atoms with Crippen LogP contribution < -0.4 is 5.56 Å². The van der Waals surface area contributed by atoms with E-state index in [0.717, 1.165) is 32.9 Å². The molecule has 0 aliphatic heterocycles. The van der Waals surface area contributed by atoms with E-state index in [1.807, 2.05) is 42.5 Å². The lowest BCUT2D eigenvalue weighted by atomic mass is 10.0. The maximum absolute atomic E-state index is 12.2. The van der Waals surface area contributed by atoms with Crippen LogP contribution in [0.15, 0.2) is 71.5 Å². The normalized spacial score (nSPS) is 11.5. The Bertz CT molecular complexity index is 1280. The fraction of sp³-hybridized carbons (Fsp3) is 0. The second-order valence-electron chi connectivity index (χ2n) is 5.88. The van der Waals surface area contributed by atoms with Gasteiger partial charge in [-0.2, -0.15) is 5.10 Å². The Balaban J connectivity index is 1.91. The highest BCUT2D eigenvalue weighted by Crippen LogP contribution is 2.32. The Morgan fingerprint density at radius 1 is 0.833 bits per heavy atom. The van der Waals surface area contributed by atoms with Gasteiger partial charge in [0.2, 0.25) is 0 Å². The van der Waals surface area contributed by atoms with Gasteiger partial charge in [-0.1, -0.05) is 54.6 Å². The van der Waals surface area contributed by atoms with Crippen LogP contribution in [0.3, 0.4) is 0 Å². The van der Waals surface area contributed by atoms with Crippen molar-refractivity contribution in [3.8, 4) is 11.3 Å². The van der Waals surface area contributed by atoms with Crippen molar-refractivity contribution in [1.29, 1.82) is 0 Å². The minimum absolute atomic E-state index is 0.203. The first-order valence-corrected chi connectivity index (χ1v) is 7.79. The number of benzene rings is 3. The van der Waals surface area contributed by atoms with E-state index in [1.165, 1.54) is 5.39 Å². The molecule has 0 unspecified atom stereocenters. The molecular weight excluding hydrogens is 298 g/mol. The molecule has 5 rings (SSSR count). The monoisotopic (exact) mass is 311 g/mol. The summed E-state index contributed by atoms with van der Waals surface area (Å²) in [6.07, 6.45) is 0. The first kappa shape index (κ1) is 13.1. The standard InChI is InChI=1S/C20H13N3O/c24-20-19-17(15-7-3-4-8-16(15)21-19)18(22-23-20)14-10-9-12-5-1-2-6-13(12)11-14/h1-11,21H,(H,23,24). The van der Waals surface area contributed by atoms with Crippen LogP contribution >= 0.6 is 0 Å². The largest absolute Gasteiger partial charge is 0.350 e. The molecule has 0 spiro atoms. The smallest absolute Gasteiger partial charge is 0.288 e. The van der Waals surface area contributed by atoms with Gasteiger partial charge in [0.05, 0.1) is 0 Å². The zero-order chi connectivity index (χ0) is 16.1. The van der Waals surface area contributed by atoms with Crippen molar-refractivity contribution in [2.75, 3.05) is 0 Å². The van der Waals surface area contributed by atoms with E-state index in [-0.39, 0.29) is 5.56 Å². The predicted molar refractivity (Wildman–Crippen MR) is 97.2 cm³/mol. The number of rotatable bonds is 1. The van der Waals surface area contributed by atoms with Crippen LogP contribution in [0.25, 0.3) is 43.8 Å². The maximum Gasteiger partial charge on any atom is 0.288 e. The Morgan fingerprint density at radius 3 is 2.54 bits per heavy atom. The summed E-state index contributed by atoms with van der Waals surface area (Å²) in [5.74, 6) is 0. The molecule has 0 radical (unpaired) electrons. The van der Waals surface area contributed by atoms with Gasteiger partial charge in [0.15, 0.2) is 0 Å². The Morgan fingerprint density at radius 2 is 1.62 bits per heavy atom. The van der Waals surface area contributed by atoms with Gasteiger partial charge in [0.25, 0.3) is 5.56 Å². The molecule has 24 heavy (non-hydrogen) atoms. The van der Waals surface area contributed by atoms with E-state index in [1.54, 1.807) is 0 Å². The van der Waals surface area contributed by atoms with E-state index in [4.69, 9.17) is 0 Å². The number of nitrogens with one attached hydrogen (secondary N) is 2. The lowest BCUT2D eigenvalue weighted by Crippen LogP contribution is -2.09. The molecule has 2 aromatic heterocycles. The van der Waals surface area contributed by atoms with E-state index < -0.39 is 0 Å². The van der Waals surface area contributed by atoms with Crippen molar-refractivity contribution in [2.24, 2.45) is 0 Å². The van der Waals surface area contributed by atoms with Crippen LogP contribution in [0.4, 0.5) is 0 Å². The summed E-state index contributed by atoms with van der Waals surface area (Å²) in [7, 11) is 0. The lowest BCUT2D eigenvalue weighted by molar-refractivity contribution is 1.01. The van der Waals surface area contributed by atoms with Gasteiger partial charge in [-0.25, -0.2) is 5.10 Å². The molecule has 5 aromatic rings. The van der Waals surface area contributed by atoms with Crippen molar-refractivity contribution < 1.29 is 0 Å². The first-order valence-electron chi connectivity index (χ1n) is 7.79. The molecule has 0 aliphatic rings. The number of fused-ring (bicyclic) bond motifs is 4. The van der Waals surface area contributed by atoms with Crippen LogP contribution in [0, 0.1) is 0 Å². The van der Waals surface area contributed by atoms with E-state index in [2.05, 4.69) is 39.4 Å². The molecule has 0 bridgehead atoms. The molecule has 4 heteroatoms. The summed E-state index contributed by atoms with van der Waals surface area (Å²) in [5.41, 5.74) is 3.07. The minimum atomic E-state index is -0.203. The second kappa shape index (κ2) is 4.80. The maximum atomic E-state index is 12.2. The molecule has 0 saturated carbocycles. The number of aromatic amines is 2. The van der Waals surface area contributed by atoms with Gasteiger partial charge in [-0.05, 0) is 22.9 Å². The average molecular weight is 311 g/mol. The molecule has 2 N–H and O–H groups in total. The summed E-state index contributed by atoms with van der Waals surface area (Å²) in [5, 5.41) is 11.2. The van der Waals surface area contributed by atoms with Crippen LogP contribution in [0.1, 0.15) is 0 Å². The van der Waals surface area contributed by atoms with Crippen LogP contribution in [-0.2, 0) is 0 Å². The second-order valence-corrected chi connectivity index (χ2v) is 5.88. The first-order chi connectivity index (χ1) is 11.8. The topological polar surface area (TPSA) is 61.5 Å². The van der Waals surface area contributed by atoms with Crippen LogP contribution in [0.5, 0.6) is 0 Å². The highest BCUT2D eigenvalue weighted by molar-refractivity contribution is 6.13. The third-order valence-electron chi connectivity index (χ3n) is 4.46. The molecule has 0 atom stereocenters. The van der Waals surface area contributed by atoms with Gasteiger partial charge in [0.1, 0.15) is 11.2 Å². The van der Waals surface area contributed by atoms with Gasteiger partial charge >= 0.3 is 0 Å². The van der Waals surface area contributed by atoms with E-state index >= 15 is 0 Å². The van der Waals surface area contributed by atoms with Gasteiger partial charge in [0, 0.05) is 21.9 Å². The molecule has 0 fully saturated rings. The summed E-state index contributed by atoms with van der Waals surface area (Å²) in [6.45, 7) is 0. The summed E-state index contributed by atoms with van der Waals surface area (Å²) in [4.78, 5) is 15.4. The minimum Gasteiger partial charge on any atom is -0.350 e. The fourth-order valence-corrected chi connectivity index (χ4v) is 3.32. The van der Waals surface area contributed by atoms with E-state index in [9.17, 15) is 4.79 Å². The van der Waals surface area contributed by atoms with Crippen molar-refractivity contribution in [2.45, 2.75) is 0 Å². The molecule has 0 saturated heterocycles. The summed E-state index contributed by atoms with van der Waals surface area (Å²) >= 11 is 0. The van der Waals surface area contributed by atoms with Gasteiger partial charge < -0.3 is 4.98 Å². The number of aromatic nitrogens is 3. The highest BCUT2D eigenvalue weighted by Gasteiger charge is 2.14. The number of hydrogen-bond acceptors (Lipinski definition) is 2. The predicted octanol–water partition coefficient (Wildman–Crippen LogP) is 4.22. The fourth-order valence-electron chi connectivity index (χ4n) is 3.32. The number of H-pyrrole nitrogens is 2. The van der Waals surface area contributed by atoms with Crippen molar-refractivity contribution in [1.82, 2.24) is 15.2 Å². The SMILES string of the molecule is O=c1[nH]nc(-c2ccc3ccccc3c2)c2c1[nH]c1ccccc12. The number of hydrogen-bond donors (Lipinski definition) is 2. The Labute approximate surface area is 136 Å². The van der Waals surface area contributed by atoms with Crippen LogP contribution in [0.2, 0.25) is 0 Å². The molecule has 4 nitrogen and oxygen atoms in total. The van der Waals surface area contributed by atoms with Gasteiger partial charge in [-0.15, -0.1) is 0 Å². The Kier molecular flexibility index (Phi) is 2.61. The van der Waals surface area contributed by atoms with Gasteiger partial charge in [-0.3, -0.25) is 4.79 Å². The molecule has 0 amide bonds.